The molecular weight excluding hydrogens is 388 g/mol. The molecule has 0 radical (unpaired) electrons. The summed E-state index contributed by atoms with van der Waals surface area (Å²) < 4.78 is 5.09. The standard InChI is InChI=1S/C22H20N2O6/c1-5-8-24-20(27)15-7-6-14(9-16(15)21(24)28)22(29)30-10-17(26)19-11(2)18(13(4)25)12(3)23-19/h5-7,9,23H,1,8,10H2,2-4H3. The van der Waals surface area contributed by atoms with Crippen LogP contribution in [-0.2, 0) is 4.74 Å². The van der Waals surface area contributed by atoms with Crippen LogP contribution in [0.2, 0.25) is 0 Å². The summed E-state index contributed by atoms with van der Waals surface area (Å²) in [7, 11) is 0. The number of ketones is 2. The number of nitrogens with zero attached hydrogens (tertiary/aromatic N) is 1. The molecule has 1 aliphatic rings. The van der Waals surface area contributed by atoms with E-state index < -0.39 is 30.2 Å². The molecule has 154 valence electrons. The van der Waals surface area contributed by atoms with Gasteiger partial charge in [-0.25, -0.2) is 4.79 Å². The second-order valence-corrected chi connectivity index (χ2v) is 6.95. The van der Waals surface area contributed by atoms with E-state index in [1.165, 1.54) is 31.2 Å². The van der Waals surface area contributed by atoms with Crippen molar-refractivity contribution in [3.8, 4) is 0 Å². The summed E-state index contributed by atoms with van der Waals surface area (Å²) in [5, 5.41) is 0. The first-order chi connectivity index (χ1) is 14.2. The molecule has 3 rings (SSSR count). The van der Waals surface area contributed by atoms with E-state index in [0.717, 1.165) is 4.90 Å². The van der Waals surface area contributed by atoms with Crippen LogP contribution in [0.15, 0.2) is 30.9 Å². The number of nitrogens with one attached hydrogen (secondary N) is 1. The number of ether oxygens (including phenoxy) is 1. The molecular formula is C22H20N2O6. The summed E-state index contributed by atoms with van der Waals surface area (Å²) in [6.45, 7) is 7.79. The van der Waals surface area contributed by atoms with E-state index in [1.807, 2.05) is 0 Å². The van der Waals surface area contributed by atoms with Crippen LogP contribution in [0, 0.1) is 13.8 Å². The summed E-state index contributed by atoms with van der Waals surface area (Å²) in [5.74, 6) is -2.43. The van der Waals surface area contributed by atoms with Crippen molar-refractivity contribution in [3.63, 3.8) is 0 Å². The Labute approximate surface area is 172 Å². The molecule has 1 aliphatic heterocycles. The number of Topliss-reactive ketones (excluding diaryl/α,β-unsaturated/α-hetero) is 2. The second-order valence-electron chi connectivity index (χ2n) is 6.95. The number of aromatic amines is 1. The highest BCUT2D eigenvalue weighted by Gasteiger charge is 2.35. The number of aryl methyl sites for hydroxylation is 1. The predicted octanol–water partition coefficient (Wildman–Crippen LogP) is 2.66. The van der Waals surface area contributed by atoms with E-state index in [0.29, 0.717) is 16.8 Å². The zero-order valence-electron chi connectivity index (χ0n) is 16.8. The number of imide groups is 1. The van der Waals surface area contributed by atoms with Gasteiger partial charge in [-0.1, -0.05) is 6.08 Å². The largest absolute Gasteiger partial charge is 0.454 e. The van der Waals surface area contributed by atoms with Crippen molar-refractivity contribution in [2.45, 2.75) is 20.8 Å². The Hall–Kier alpha value is -3.81. The van der Waals surface area contributed by atoms with Crippen LogP contribution in [0.25, 0.3) is 0 Å². The van der Waals surface area contributed by atoms with E-state index in [2.05, 4.69) is 11.6 Å². The number of hydrogen-bond acceptors (Lipinski definition) is 6. The lowest BCUT2D eigenvalue weighted by molar-refractivity contribution is 0.0473. The number of aromatic nitrogens is 1. The fourth-order valence-corrected chi connectivity index (χ4v) is 3.56. The number of hydrogen-bond donors (Lipinski definition) is 1. The lowest BCUT2D eigenvalue weighted by Crippen LogP contribution is -2.29. The smallest absolute Gasteiger partial charge is 0.338 e. The highest BCUT2D eigenvalue weighted by molar-refractivity contribution is 6.22. The zero-order chi connectivity index (χ0) is 22.2. The van der Waals surface area contributed by atoms with Crippen LogP contribution in [0.5, 0.6) is 0 Å². The van der Waals surface area contributed by atoms with Crippen molar-refractivity contribution in [1.29, 1.82) is 0 Å². The molecule has 0 aliphatic carbocycles. The van der Waals surface area contributed by atoms with Crippen molar-refractivity contribution in [2.75, 3.05) is 13.2 Å². The number of carbonyl (C=O) groups excluding carboxylic acids is 5. The first kappa shape index (κ1) is 20.9. The number of carbonyl (C=O) groups is 5. The van der Waals surface area contributed by atoms with Crippen LogP contribution < -0.4 is 0 Å². The van der Waals surface area contributed by atoms with Gasteiger partial charge in [0.15, 0.2) is 12.4 Å². The monoisotopic (exact) mass is 408 g/mol. The van der Waals surface area contributed by atoms with Crippen molar-refractivity contribution >= 4 is 29.4 Å². The zero-order valence-corrected chi connectivity index (χ0v) is 16.8. The Bertz CT molecular complexity index is 1120. The van der Waals surface area contributed by atoms with Crippen molar-refractivity contribution in [1.82, 2.24) is 9.88 Å². The van der Waals surface area contributed by atoms with Gasteiger partial charge < -0.3 is 9.72 Å². The van der Waals surface area contributed by atoms with Gasteiger partial charge in [0.2, 0.25) is 5.78 Å². The number of amides is 2. The van der Waals surface area contributed by atoms with Crippen LogP contribution in [0.3, 0.4) is 0 Å². The molecule has 0 unspecified atom stereocenters. The predicted molar refractivity (Wildman–Crippen MR) is 107 cm³/mol. The van der Waals surface area contributed by atoms with Gasteiger partial charge in [0.1, 0.15) is 0 Å². The van der Waals surface area contributed by atoms with Gasteiger partial charge in [-0.05, 0) is 44.5 Å². The first-order valence-electron chi connectivity index (χ1n) is 9.18. The quantitative estimate of drug-likeness (QED) is 0.326. The van der Waals surface area contributed by atoms with Crippen molar-refractivity contribution < 1.29 is 28.7 Å². The highest BCUT2D eigenvalue weighted by atomic mass is 16.5. The molecule has 1 aromatic heterocycles. The molecule has 1 aromatic carbocycles. The normalized spacial score (nSPS) is 12.7. The minimum atomic E-state index is -0.804. The van der Waals surface area contributed by atoms with E-state index in [9.17, 15) is 24.0 Å². The van der Waals surface area contributed by atoms with Gasteiger partial charge in [-0.15, -0.1) is 6.58 Å². The molecule has 30 heavy (non-hydrogen) atoms. The minimum absolute atomic E-state index is 0.0481. The number of rotatable bonds is 7. The van der Waals surface area contributed by atoms with E-state index in [1.54, 1.807) is 13.8 Å². The fraction of sp³-hybridized carbons (Fsp3) is 0.227. The molecule has 0 saturated heterocycles. The third kappa shape index (κ3) is 3.47. The average Bonchev–Trinajstić information content (AvgIpc) is 3.14. The number of benzene rings is 1. The average molecular weight is 408 g/mol. The molecule has 0 saturated carbocycles. The second kappa shape index (κ2) is 7.90. The molecule has 2 amide bonds. The summed E-state index contributed by atoms with van der Waals surface area (Å²) in [4.78, 5) is 65.0. The van der Waals surface area contributed by atoms with E-state index in [-0.39, 0.29) is 34.7 Å². The van der Waals surface area contributed by atoms with E-state index in [4.69, 9.17) is 4.74 Å². The molecule has 2 aromatic rings. The first-order valence-corrected chi connectivity index (χ1v) is 9.18. The SMILES string of the molecule is C=CCN1C(=O)c2ccc(C(=O)OCC(=O)c3[nH]c(C)c(C(C)=O)c3C)cc2C1=O. The number of H-pyrrole nitrogens is 1. The van der Waals surface area contributed by atoms with E-state index >= 15 is 0 Å². The van der Waals surface area contributed by atoms with Crippen molar-refractivity contribution in [2.24, 2.45) is 0 Å². The van der Waals surface area contributed by atoms with Crippen LogP contribution >= 0.6 is 0 Å². The summed E-state index contributed by atoms with van der Waals surface area (Å²) in [6, 6.07) is 4.03. The maximum atomic E-state index is 12.5. The lowest BCUT2D eigenvalue weighted by atomic mass is 10.1. The number of esters is 1. The van der Waals surface area contributed by atoms with Gasteiger partial charge in [-0.2, -0.15) is 0 Å². The maximum Gasteiger partial charge on any atom is 0.338 e. The molecule has 0 atom stereocenters. The topological polar surface area (TPSA) is 114 Å². The molecule has 2 heterocycles. The van der Waals surface area contributed by atoms with Gasteiger partial charge in [0.25, 0.3) is 11.8 Å². The third-order valence-electron chi connectivity index (χ3n) is 4.92. The molecule has 8 heteroatoms. The number of fused-ring (bicyclic) bond motifs is 1. The minimum Gasteiger partial charge on any atom is -0.454 e. The third-order valence-corrected chi connectivity index (χ3v) is 4.92. The Morgan fingerprint density at radius 1 is 1.13 bits per heavy atom. The Morgan fingerprint density at radius 3 is 2.40 bits per heavy atom. The molecule has 0 fully saturated rings. The van der Waals surface area contributed by atoms with Gasteiger partial charge >= 0.3 is 5.97 Å². The summed E-state index contributed by atoms with van der Waals surface area (Å²) in [5.41, 5.74) is 2.07. The Morgan fingerprint density at radius 2 is 1.80 bits per heavy atom. The molecule has 0 bridgehead atoms. The van der Waals surface area contributed by atoms with Gasteiger partial charge in [0.05, 0.1) is 22.4 Å². The summed E-state index contributed by atoms with van der Waals surface area (Å²) in [6.07, 6.45) is 1.43. The highest BCUT2D eigenvalue weighted by Crippen LogP contribution is 2.24. The Balaban J connectivity index is 1.74. The Kier molecular flexibility index (Phi) is 5.51. The van der Waals surface area contributed by atoms with Crippen molar-refractivity contribution in [3.05, 3.63) is 70.1 Å². The van der Waals surface area contributed by atoms with Crippen LogP contribution in [0.1, 0.15) is 70.1 Å². The van der Waals surface area contributed by atoms with Gasteiger partial charge in [-0.3, -0.25) is 24.1 Å². The lowest BCUT2D eigenvalue weighted by Gasteiger charge is -2.09. The maximum absolute atomic E-state index is 12.5. The molecule has 8 nitrogen and oxygen atoms in total. The fourth-order valence-electron chi connectivity index (χ4n) is 3.56. The molecule has 0 spiro atoms. The van der Waals surface area contributed by atoms with Gasteiger partial charge in [0, 0.05) is 17.8 Å². The van der Waals surface area contributed by atoms with Crippen LogP contribution in [-0.4, -0.2) is 52.4 Å². The summed E-state index contributed by atoms with van der Waals surface area (Å²) >= 11 is 0. The molecule has 1 N–H and O–H groups in total. The van der Waals surface area contributed by atoms with Crippen LogP contribution in [0.4, 0.5) is 0 Å².